The van der Waals surface area contributed by atoms with Crippen molar-refractivity contribution in [1.82, 2.24) is 19.9 Å². The van der Waals surface area contributed by atoms with Crippen LogP contribution in [0.4, 0.5) is 0 Å². The molecular formula is C24H24N4O4. The Morgan fingerprint density at radius 2 is 1.81 bits per heavy atom. The molecule has 4 rings (SSSR count). The van der Waals surface area contributed by atoms with Gasteiger partial charge in [-0.3, -0.25) is 4.79 Å². The van der Waals surface area contributed by atoms with Gasteiger partial charge in [0.2, 0.25) is 5.82 Å². The van der Waals surface area contributed by atoms with Crippen LogP contribution in [0.1, 0.15) is 48.1 Å². The first-order chi connectivity index (χ1) is 15.6. The summed E-state index contributed by atoms with van der Waals surface area (Å²) in [5, 5.41) is 9.15. The minimum Gasteiger partial charge on any atom is -0.451 e. The first kappa shape index (κ1) is 21.4. The lowest BCUT2D eigenvalue weighted by Crippen LogP contribution is -2.26. The number of esters is 1. The fourth-order valence-electron chi connectivity index (χ4n) is 3.38. The smallest absolute Gasteiger partial charge is 0.359 e. The topological polar surface area (TPSA) is 100 Å². The molecule has 4 aromatic rings. The number of unbranched alkanes of at least 4 members (excludes halogenated alkanes) is 2. The quantitative estimate of drug-likeness (QED) is 0.302. The highest BCUT2D eigenvalue weighted by Crippen LogP contribution is 2.18. The minimum absolute atomic E-state index is 0.0926. The zero-order valence-electron chi connectivity index (χ0n) is 18.1. The van der Waals surface area contributed by atoms with Crippen LogP contribution in [0.25, 0.3) is 22.2 Å². The number of carbonyl (C=O) groups is 1. The summed E-state index contributed by atoms with van der Waals surface area (Å²) in [7, 11) is 0. The van der Waals surface area contributed by atoms with E-state index in [1.54, 1.807) is 24.3 Å². The lowest BCUT2D eigenvalue weighted by Gasteiger charge is -2.10. The number of benzene rings is 2. The molecule has 0 aliphatic heterocycles. The largest absolute Gasteiger partial charge is 0.451 e. The number of ether oxygens (including phenoxy) is 1. The molecule has 0 saturated heterocycles. The van der Waals surface area contributed by atoms with Crippen molar-refractivity contribution in [1.29, 1.82) is 0 Å². The van der Waals surface area contributed by atoms with E-state index in [0.29, 0.717) is 23.1 Å². The van der Waals surface area contributed by atoms with Crippen LogP contribution in [0.5, 0.6) is 0 Å². The summed E-state index contributed by atoms with van der Waals surface area (Å²) in [4.78, 5) is 29.9. The maximum Gasteiger partial charge on any atom is 0.359 e. The van der Waals surface area contributed by atoms with E-state index in [2.05, 4.69) is 22.2 Å². The summed E-state index contributed by atoms with van der Waals surface area (Å²) in [6, 6.07) is 14.6. The van der Waals surface area contributed by atoms with Crippen LogP contribution in [0.3, 0.4) is 0 Å². The van der Waals surface area contributed by atoms with Crippen molar-refractivity contribution < 1.29 is 14.1 Å². The third-order valence-electron chi connectivity index (χ3n) is 5.14. The predicted octanol–water partition coefficient (Wildman–Crippen LogP) is 4.30. The summed E-state index contributed by atoms with van der Waals surface area (Å²) < 4.78 is 12.0. The Bertz CT molecular complexity index is 1290. The van der Waals surface area contributed by atoms with Crippen LogP contribution >= 0.6 is 0 Å². The molecule has 2 aromatic carbocycles. The van der Waals surface area contributed by atoms with Crippen LogP contribution < -0.4 is 5.56 Å². The average Bonchev–Trinajstić information content (AvgIpc) is 3.29. The van der Waals surface area contributed by atoms with E-state index in [1.165, 1.54) is 4.68 Å². The highest BCUT2D eigenvalue weighted by atomic mass is 16.6. The Hall–Kier alpha value is -3.81. The Morgan fingerprint density at radius 1 is 1.06 bits per heavy atom. The van der Waals surface area contributed by atoms with Crippen molar-refractivity contribution in [2.45, 2.75) is 46.3 Å². The number of fused-ring (bicyclic) bond motifs is 1. The number of aromatic nitrogens is 4. The van der Waals surface area contributed by atoms with Gasteiger partial charge in [0.25, 0.3) is 11.4 Å². The van der Waals surface area contributed by atoms with Crippen LogP contribution in [0.15, 0.2) is 57.8 Å². The minimum atomic E-state index is -0.652. The summed E-state index contributed by atoms with van der Waals surface area (Å²) in [6.07, 6.45) is 2.80. The highest BCUT2D eigenvalue weighted by molar-refractivity contribution is 6.02. The molecule has 0 bridgehead atoms. The van der Waals surface area contributed by atoms with Crippen molar-refractivity contribution in [2.24, 2.45) is 0 Å². The number of nitrogens with zero attached hydrogens (tertiary/aromatic N) is 4. The van der Waals surface area contributed by atoms with E-state index >= 15 is 0 Å². The molecule has 0 spiro atoms. The summed E-state index contributed by atoms with van der Waals surface area (Å²) >= 11 is 0. The van der Waals surface area contributed by atoms with Gasteiger partial charge in [-0.15, -0.1) is 0 Å². The molecule has 0 radical (unpaired) electrons. The molecule has 0 saturated carbocycles. The van der Waals surface area contributed by atoms with E-state index in [0.717, 1.165) is 30.4 Å². The molecule has 164 valence electrons. The number of hydrogen-bond donors (Lipinski definition) is 0. The number of hydrogen-bond acceptors (Lipinski definition) is 7. The molecule has 8 nitrogen and oxygen atoms in total. The molecule has 0 aliphatic rings. The highest BCUT2D eigenvalue weighted by Gasteiger charge is 2.19. The average molecular weight is 432 g/mol. The molecule has 2 heterocycles. The van der Waals surface area contributed by atoms with Gasteiger partial charge in [0.05, 0.1) is 5.39 Å². The molecule has 0 aliphatic carbocycles. The SMILES string of the molecule is CCCCCn1nc(C(=O)OCc2nc(-c3ccc(C)cc3)no2)c2ccccc2c1=O. The van der Waals surface area contributed by atoms with Crippen molar-refractivity contribution in [2.75, 3.05) is 0 Å². The molecule has 0 unspecified atom stereocenters. The van der Waals surface area contributed by atoms with Gasteiger partial charge in [-0.05, 0) is 19.4 Å². The first-order valence-corrected chi connectivity index (χ1v) is 10.6. The van der Waals surface area contributed by atoms with E-state index in [-0.39, 0.29) is 23.8 Å². The van der Waals surface area contributed by atoms with Crippen LogP contribution in [-0.4, -0.2) is 25.9 Å². The van der Waals surface area contributed by atoms with Crippen molar-refractivity contribution in [3.05, 3.63) is 76.0 Å². The normalized spacial score (nSPS) is 11.1. The second-order valence-electron chi connectivity index (χ2n) is 7.58. The number of carbonyl (C=O) groups excluding carboxylic acids is 1. The van der Waals surface area contributed by atoms with Gasteiger partial charge in [-0.1, -0.05) is 73.0 Å². The number of rotatable bonds is 8. The second-order valence-corrected chi connectivity index (χ2v) is 7.58. The van der Waals surface area contributed by atoms with Crippen LogP contribution in [-0.2, 0) is 17.9 Å². The van der Waals surface area contributed by atoms with Crippen molar-refractivity contribution in [3.8, 4) is 11.4 Å². The monoisotopic (exact) mass is 432 g/mol. The van der Waals surface area contributed by atoms with Gasteiger partial charge >= 0.3 is 5.97 Å². The van der Waals surface area contributed by atoms with Crippen molar-refractivity contribution in [3.63, 3.8) is 0 Å². The molecule has 2 aromatic heterocycles. The lowest BCUT2D eigenvalue weighted by molar-refractivity contribution is 0.0422. The first-order valence-electron chi connectivity index (χ1n) is 10.6. The third kappa shape index (κ3) is 4.59. The molecular weight excluding hydrogens is 408 g/mol. The molecule has 0 fully saturated rings. The summed E-state index contributed by atoms with van der Waals surface area (Å²) in [6.45, 7) is 4.33. The molecule has 8 heteroatoms. The Balaban J connectivity index is 1.54. The van der Waals surface area contributed by atoms with Crippen molar-refractivity contribution >= 4 is 16.7 Å². The van der Waals surface area contributed by atoms with Gasteiger partial charge in [0, 0.05) is 17.5 Å². The van der Waals surface area contributed by atoms with Gasteiger partial charge in [0.1, 0.15) is 0 Å². The van der Waals surface area contributed by atoms with E-state index in [4.69, 9.17) is 9.26 Å². The van der Waals surface area contributed by atoms with Gasteiger partial charge < -0.3 is 9.26 Å². The zero-order chi connectivity index (χ0) is 22.5. The molecule has 0 atom stereocenters. The van der Waals surface area contributed by atoms with Gasteiger partial charge in [0.15, 0.2) is 12.3 Å². The summed E-state index contributed by atoms with van der Waals surface area (Å²) in [5.74, 6) is -0.0564. The third-order valence-corrected chi connectivity index (χ3v) is 5.14. The zero-order valence-corrected chi connectivity index (χ0v) is 18.1. The lowest BCUT2D eigenvalue weighted by atomic mass is 10.1. The maximum atomic E-state index is 12.8. The maximum absolute atomic E-state index is 12.8. The second kappa shape index (κ2) is 9.55. The number of aryl methyl sites for hydroxylation is 2. The van der Waals surface area contributed by atoms with E-state index in [9.17, 15) is 9.59 Å². The molecule has 32 heavy (non-hydrogen) atoms. The van der Waals surface area contributed by atoms with E-state index in [1.807, 2.05) is 31.2 Å². The summed E-state index contributed by atoms with van der Waals surface area (Å²) in [5.41, 5.74) is 1.81. The fraction of sp³-hybridized carbons (Fsp3) is 0.292. The van der Waals surface area contributed by atoms with Crippen LogP contribution in [0, 0.1) is 6.92 Å². The Kier molecular flexibility index (Phi) is 6.39. The fourth-order valence-corrected chi connectivity index (χ4v) is 3.38. The van der Waals surface area contributed by atoms with Gasteiger partial charge in [-0.2, -0.15) is 10.1 Å². The standard InChI is InChI=1S/C24H24N4O4/c1-3-4-7-14-28-23(29)19-9-6-5-8-18(19)21(26-28)24(30)31-15-20-25-22(27-32-20)17-12-10-16(2)11-13-17/h5-6,8-13H,3-4,7,14-15H2,1-2H3. The van der Waals surface area contributed by atoms with Gasteiger partial charge in [-0.25, -0.2) is 9.48 Å². The Labute approximate surface area is 184 Å². The Morgan fingerprint density at radius 3 is 2.56 bits per heavy atom. The van der Waals surface area contributed by atoms with Crippen LogP contribution in [0.2, 0.25) is 0 Å². The predicted molar refractivity (Wildman–Crippen MR) is 119 cm³/mol. The van der Waals surface area contributed by atoms with E-state index < -0.39 is 5.97 Å². The molecule has 0 N–H and O–H groups in total. The molecule has 0 amide bonds.